The smallest absolute Gasteiger partial charge is 0.320 e. The molecular weight excluding hydrogens is 264 g/mol. The molecule has 19 heavy (non-hydrogen) atoms. The number of nitrogens with zero attached hydrogens (tertiary/aromatic N) is 1. The number of carbonyl (C=O) groups is 2. The van der Waals surface area contributed by atoms with Crippen molar-refractivity contribution >= 4 is 23.2 Å². The predicted octanol–water partition coefficient (Wildman–Crippen LogP) is 1.33. The maximum Gasteiger partial charge on any atom is 0.320 e. The largest absolute Gasteiger partial charge is 0.480 e. The van der Waals surface area contributed by atoms with Crippen molar-refractivity contribution in [3.05, 3.63) is 35.0 Å². The lowest BCUT2D eigenvalue weighted by molar-refractivity contribution is -0.139. The number of thiophene rings is 1. The van der Waals surface area contributed by atoms with E-state index >= 15 is 0 Å². The zero-order chi connectivity index (χ0) is 14.3. The standard InChI is InChI=1S/C13H18N2O3S/c1-3-6-15(9-11-5-4-7-19-11)12(16)8-14-10(2)13(17)18/h3-5,7,10,14H,1,6,8-9H2,2H3,(H,17,18)/t10-/m0/s1. The summed E-state index contributed by atoms with van der Waals surface area (Å²) in [6.45, 7) is 6.11. The number of hydrogen-bond donors (Lipinski definition) is 2. The van der Waals surface area contributed by atoms with Crippen LogP contribution in [0.3, 0.4) is 0 Å². The molecule has 0 spiro atoms. The number of aliphatic carboxylic acids is 1. The molecule has 0 unspecified atom stereocenters. The second-order valence-corrected chi connectivity index (χ2v) is 5.12. The van der Waals surface area contributed by atoms with Crippen LogP contribution >= 0.6 is 11.3 Å². The van der Waals surface area contributed by atoms with Crippen LogP contribution in [0.1, 0.15) is 11.8 Å². The lowest BCUT2D eigenvalue weighted by Gasteiger charge is -2.21. The summed E-state index contributed by atoms with van der Waals surface area (Å²) in [5, 5.41) is 13.4. The summed E-state index contributed by atoms with van der Waals surface area (Å²) < 4.78 is 0. The van der Waals surface area contributed by atoms with Gasteiger partial charge in [-0.25, -0.2) is 0 Å². The van der Waals surface area contributed by atoms with Crippen LogP contribution in [-0.4, -0.2) is 41.0 Å². The first-order valence-electron chi connectivity index (χ1n) is 5.91. The van der Waals surface area contributed by atoms with Crippen LogP contribution in [0, 0.1) is 0 Å². The molecule has 1 atom stereocenters. The van der Waals surface area contributed by atoms with Crippen molar-refractivity contribution in [1.82, 2.24) is 10.2 Å². The van der Waals surface area contributed by atoms with Crippen LogP contribution in [0.2, 0.25) is 0 Å². The first-order valence-corrected chi connectivity index (χ1v) is 6.79. The minimum absolute atomic E-state index is 0.00663. The van der Waals surface area contributed by atoms with E-state index in [1.165, 1.54) is 6.92 Å². The fourth-order valence-corrected chi connectivity index (χ4v) is 2.16. The van der Waals surface area contributed by atoms with E-state index in [0.717, 1.165) is 4.88 Å². The number of carboxylic acid groups (broad SMARTS) is 1. The Morgan fingerprint density at radius 2 is 2.37 bits per heavy atom. The second-order valence-electron chi connectivity index (χ2n) is 4.08. The van der Waals surface area contributed by atoms with E-state index in [4.69, 9.17) is 5.11 Å². The van der Waals surface area contributed by atoms with Crippen LogP contribution in [0.15, 0.2) is 30.2 Å². The Labute approximate surface area is 116 Å². The van der Waals surface area contributed by atoms with Crippen LogP contribution in [0.5, 0.6) is 0 Å². The van der Waals surface area contributed by atoms with Crippen LogP contribution in [0.25, 0.3) is 0 Å². The molecule has 0 saturated heterocycles. The van der Waals surface area contributed by atoms with E-state index in [9.17, 15) is 9.59 Å². The first-order chi connectivity index (χ1) is 9.04. The van der Waals surface area contributed by atoms with Crippen molar-refractivity contribution < 1.29 is 14.7 Å². The van der Waals surface area contributed by atoms with Crippen LogP contribution < -0.4 is 5.32 Å². The van der Waals surface area contributed by atoms with Crippen molar-refractivity contribution in [3.63, 3.8) is 0 Å². The molecule has 2 N–H and O–H groups in total. The first kappa shape index (κ1) is 15.4. The molecule has 1 aromatic rings. The van der Waals surface area contributed by atoms with E-state index in [2.05, 4.69) is 11.9 Å². The molecule has 0 saturated carbocycles. The molecule has 1 heterocycles. The number of carbonyl (C=O) groups excluding carboxylic acids is 1. The molecule has 0 radical (unpaired) electrons. The van der Waals surface area contributed by atoms with Crippen molar-refractivity contribution in [3.8, 4) is 0 Å². The maximum absolute atomic E-state index is 12.0. The van der Waals surface area contributed by atoms with E-state index in [1.54, 1.807) is 22.3 Å². The zero-order valence-electron chi connectivity index (χ0n) is 10.8. The van der Waals surface area contributed by atoms with Gasteiger partial charge in [0.1, 0.15) is 6.04 Å². The molecule has 6 heteroatoms. The summed E-state index contributed by atoms with van der Waals surface area (Å²) in [4.78, 5) is 25.4. The van der Waals surface area contributed by atoms with Crippen LogP contribution in [0.4, 0.5) is 0 Å². The molecule has 104 valence electrons. The summed E-state index contributed by atoms with van der Waals surface area (Å²) in [6, 6.07) is 3.15. The molecule has 0 aliphatic heterocycles. The van der Waals surface area contributed by atoms with E-state index < -0.39 is 12.0 Å². The van der Waals surface area contributed by atoms with Crippen molar-refractivity contribution in [1.29, 1.82) is 0 Å². The lowest BCUT2D eigenvalue weighted by Crippen LogP contribution is -2.43. The molecular formula is C13H18N2O3S. The minimum atomic E-state index is -0.971. The third-order valence-electron chi connectivity index (χ3n) is 2.56. The summed E-state index contributed by atoms with van der Waals surface area (Å²) in [5.41, 5.74) is 0. The monoisotopic (exact) mass is 282 g/mol. The Morgan fingerprint density at radius 1 is 1.63 bits per heavy atom. The van der Waals surface area contributed by atoms with Gasteiger partial charge in [-0.2, -0.15) is 0 Å². The van der Waals surface area contributed by atoms with Gasteiger partial charge in [0.15, 0.2) is 0 Å². The average molecular weight is 282 g/mol. The summed E-state index contributed by atoms with van der Waals surface area (Å²) in [7, 11) is 0. The highest BCUT2D eigenvalue weighted by molar-refractivity contribution is 7.09. The SMILES string of the molecule is C=CCN(Cc1cccs1)C(=O)CN[C@@H](C)C(=O)O. The highest BCUT2D eigenvalue weighted by atomic mass is 32.1. The van der Waals surface area contributed by atoms with Gasteiger partial charge in [-0.15, -0.1) is 17.9 Å². The third-order valence-corrected chi connectivity index (χ3v) is 3.42. The van der Waals surface area contributed by atoms with E-state index in [0.29, 0.717) is 13.1 Å². The summed E-state index contributed by atoms with van der Waals surface area (Å²) in [6.07, 6.45) is 1.66. The van der Waals surface area contributed by atoms with Gasteiger partial charge >= 0.3 is 5.97 Å². The Bertz CT molecular complexity index is 431. The third kappa shape index (κ3) is 5.23. The lowest BCUT2D eigenvalue weighted by atomic mass is 10.3. The van der Waals surface area contributed by atoms with Gasteiger partial charge in [-0.1, -0.05) is 12.1 Å². The van der Waals surface area contributed by atoms with E-state index in [1.807, 2.05) is 17.5 Å². The quantitative estimate of drug-likeness (QED) is 0.706. The zero-order valence-corrected chi connectivity index (χ0v) is 11.7. The highest BCUT2D eigenvalue weighted by Crippen LogP contribution is 2.11. The van der Waals surface area contributed by atoms with Gasteiger partial charge in [-0.3, -0.25) is 14.9 Å². The fraction of sp³-hybridized carbons (Fsp3) is 0.385. The van der Waals surface area contributed by atoms with Gasteiger partial charge in [0.25, 0.3) is 0 Å². The second kappa shape index (κ2) is 7.70. The maximum atomic E-state index is 12.0. The van der Waals surface area contributed by atoms with Gasteiger partial charge in [0.05, 0.1) is 13.1 Å². The Morgan fingerprint density at radius 3 is 2.89 bits per heavy atom. The normalized spacial score (nSPS) is 11.8. The number of nitrogens with one attached hydrogen (secondary N) is 1. The highest BCUT2D eigenvalue weighted by Gasteiger charge is 2.16. The fourth-order valence-electron chi connectivity index (χ4n) is 1.44. The molecule has 1 amide bonds. The number of hydrogen-bond acceptors (Lipinski definition) is 4. The topological polar surface area (TPSA) is 69.6 Å². The molecule has 0 bridgehead atoms. The number of rotatable bonds is 8. The Hall–Kier alpha value is -1.66. The van der Waals surface area contributed by atoms with Crippen molar-refractivity contribution in [2.75, 3.05) is 13.1 Å². The molecule has 0 aromatic carbocycles. The molecule has 0 aliphatic rings. The Balaban J connectivity index is 2.53. The van der Waals surface area contributed by atoms with E-state index in [-0.39, 0.29) is 12.5 Å². The van der Waals surface area contributed by atoms with Gasteiger partial charge in [0, 0.05) is 11.4 Å². The van der Waals surface area contributed by atoms with Gasteiger partial charge < -0.3 is 10.0 Å². The van der Waals surface area contributed by atoms with Gasteiger partial charge in [0.2, 0.25) is 5.91 Å². The molecule has 0 fully saturated rings. The van der Waals surface area contributed by atoms with Crippen molar-refractivity contribution in [2.24, 2.45) is 0 Å². The Kier molecular flexibility index (Phi) is 6.24. The summed E-state index contributed by atoms with van der Waals surface area (Å²) in [5.74, 6) is -1.11. The molecule has 1 rings (SSSR count). The van der Waals surface area contributed by atoms with Gasteiger partial charge in [-0.05, 0) is 18.4 Å². The van der Waals surface area contributed by atoms with Crippen molar-refractivity contribution in [2.45, 2.75) is 19.5 Å². The molecule has 5 nitrogen and oxygen atoms in total. The van der Waals surface area contributed by atoms with Crippen LogP contribution in [-0.2, 0) is 16.1 Å². The number of carboxylic acids is 1. The minimum Gasteiger partial charge on any atom is -0.480 e. The average Bonchev–Trinajstić information content (AvgIpc) is 2.87. The number of amides is 1. The molecule has 1 aromatic heterocycles. The molecule has 0 aliphatic carbocycles. The predicted molar refractivity (Wildman–Crippen MR) is 75.0 cm³/mol. The summed E-state index contributed by atoms with van der Waals surface area (Å²) >= 11 is 1.58.